The highest BCUT2D eigenvalue weighted by atomic mass is 79.9. The average Bonchev–Trinajstić information content (AvgIpc) is 2.32. The number of rotatable bonds is 1. The highest BCUT2D eigenvalue weighted by molar-refractivity contribution is 9.12. The fraction of sp³-hybridized carbons (Fsp3) is 0.286. The molecular weight excluding hydrogens is 212 g/mol. The first-order chi connectivity index (χ1) is 5.16. The van der Waals surface area contributed by atoms with E-state index in [0.29, 0.717) is 16.5 Å². The summed E-state index contributed by atoms with van der Waals surface area (Å²) < 4.78 is 5.00. The maximum Gasteiger partial charge on any atom is 0.337 e. The summed E-state index contributed by atoms with van der Waals surface area (Å²) in [6, 6.07) is 0. The van der Waals surface area contributed by atoms with Crippen molar-refractivity contribution in [3.05, 3.63) is 21.9 Å². The number of ether oxygens (including phenoxy) is 1. The number of halogens is 1. The van der Waals surface area contributed by atoms with Crippen molar-refractivity contribution in [2.24, 2.45) is 0 Å². The topological polar surface area (TPSA) is 46.5 Å². The van der Waals surface area contributed by atoms with Crippen molar-refractivity contribution < 1.29 is 14.6 Å². The monoisotopic (exact) mass is 218 g/mol. The lowest BCUT2D eigenvalue weighted by Crippen LogP contribution is -2.04. The van der Waals surface area contributed by atoms with Crippen LogP contribution in [0.2, 0.25) is 0 Å². The third-order valence-electron chi connectivity index (χ3n) is 1.43. The SMILES string of the molecule is COC(=O)C1=C(O)C(Br)=CC1. The van der Waals surface area contributed by atoms with Crippen LogP contribution in [0.15, 0.2) is 21.9 Å². The predicted molar refractivity (Wildman–Crippen MR) is 43.3 cm³/mol. The normalized spacial score (nSPS) is 16.7. The molecule has 0 fully saturated rings. The molecule has 0 unspecified atom stereocenters. The molecule has 0 spiro atoms. The Morgan fingerprint density at radius 3 is 2.82 bits per heavy atom. The molecule has 1 aliphatic rings. The third-order valence-corrected chi connectivity index (χ3v) is 2.13. The highest BCUT2D eigenvalue weighted by Gasteiger charge is 2.21. The Morgan fingerprint density at radius 1 is 1.82 bits per heavy atom. The predicted octanol–water partition coefficient (Wildman–Crippen LogP) is 1.65. The van der Waals surface area contributed by atoms with Crippen molar-refractivity contribution in [3.63, 3.8) is 0 Å². The summed E-state index contributed by atoms with van der Waals surface area (Å²) in [4.78, 5) is 10.9. The van der Waals surface area contributed by atoms with Gasteiger partial charge < -0.3 is 9.84 Å². The Labute approximate surface area is 72.5 Å². The van der Waals surface area contributed by atoms with Crippen LogP contribution in [0.4, 0.5) is 0 Å². The van der Waals surface area contributed by atoms with Crippen molar-refractivity contribution >= 4 is 21.9 Å². The molecule has 3 nitrogen and oxygen atoms in total. The van der Waals surface area contributed by atoms with Gasteiger partial charge in [-0.3, -0.25) is 0 Å². The van der Waals surface area contributed by atoms with Gasteiger partial charge in [-0.1, -0.05) is 6.08 Å². The molecule has 0 aromatic rings. The molecule has 11 heavy (non-hydrogen) atoms. The zero-order chi connectivity index (χ0) is 8.43. The van der Waals surface area contributed by atoms with Crippen molar-refractivity contribution in [1.82, 2.24) is 0 Å². The van der Waals surface area contributed by atoms with Gasteiger partial charge in [-0.05, 0) is 15.9 Å². The van der Waals surface area contributed by atoms with E-state index in [0.717, 1.165) is 0 Å². The van der Waals surface area contributed by atoms with Gasteiger partial charge in [-0.2, -0.15) is 0 Å². The molecule has 1 aliphatic carbocycles. The maximum atomic E-state index is 10.9. The maximum absolute atomic E-state index is 10.9. The van der Waals surface area contributed by atoms with Crippen LogP contribution in [-0.2, 0) is 9.53 Å². The second-order valence-electron chi connectivity index (χ2n) is 2.07. The first-order valence-electron chi connectivity index (χ1n) is 3.03. The summed E-state index contributed by atoms with van der Waals surface area (Å²) in [6.07, 6.45) is 2.14. The summed E-state index contributed by atoms with van der Waals surface area (Å²) >= 11 is 3.09. The summed E-state index contributed by atoms with van der Waals surface area (Å²) in [5.74, 6) is -0.495. The molecule has 60 valence electrons. The van der Waals surface area contributed by atoms with Crippen LogP contribution in [0.3, 0.4) is 0 Å². The Bertz CT molecular complexity index is 252. The first kappa shape index (κ1) is 8.33. The smallest absolute Gasteiger partial charge is 0.337 e. The van der Waals surface area contributed by atoms with Gasteiger partial charge >= 0.3 is 5.97 Å². The van der Waals surface area contributed by atoms with Crippen molar-refractivity contribution in [3.8, 4) is 0 Å². The van der Waals surface area contributed by atoms with Gasteiger partial charge in [0.2, 0.25) is 0 Å². The number of aliphatic hydroxyl groups excluding tert-OH is 1. The molecule has 0 amide bonds. The molecule has 1 rings (SSSR count). The van der Waals surface area contributed by atoms with E-state index in [1.165, 1.54) is 7.11 Å². The largest absolute Gasteiger partial charge is 0.506 e. The summed E-state index contributed by atoms with van der Waals surface area (Å²) in [7, 11) is 1.29. The molecule has 0 saturated heterocycles. The summed E-state index contributed by atoms with van der Waals surface area (Å²) in [6.45, 7) is 0. The number of aliphatic hydroxyl groups is 1. The Hall–Kier alpha value is -0.770. The van der Waals surface area contributed by atoms with Gasteiger partial charge in [0.1, 0.15) is 5.76 Å². The number of carbonyl (C=O) groups excluding carboxylic acids is 1. The lowest BCUT2D eigenvalue weighted by atomic mass is 10.2. The molecule has 0 heterocycles. The van der Waals surface area contributed by atoms with E-state index in [2.05, 4.69) is 20.7 Å². The van der Waals surface area contributed by atoms with Crippen LogP contribution < -0.4 is 0 Å². The lowest BCUT2D eigenvalue weighted by molar-refractivity contribution is -0.136. The quantitative estimate of drug-likeness (QED) is 0.682. The molecule has 0 bridgehead atoms. The molecule has 4 heteroatoms. The first-order valence-corrected chi connectivity index (χ1v) is 3.82. The van der Waals surface area contributed by atoms with Crippen molar-refractivity contribution in [2.45, 2.75) is 6.42 Å². The molecule has 1 N–H and O–H groups in total. The Morgan fingerprint density at radius 2 is 2.45 bits per heavy atom. The minimum atomic E-state index is -0.479. The molecule has 0 aliphatic heterocycles. The van der Waals surface area contributed by atoms with Crippen LogP contribution in [0.1, 0.15) is 6.42 Å². The zero-order valence-electron chi connectivity index (χ0n) is 5.93. The summed E-state index contributed by atoms with van der Waals surface area (Å²) in [5.41, 5.74) is 0.305. The third kappa shape index (κ3) is 1.45. The number of allylic oxidation sites excluding steroid dienone is 2. The number of esters is 1. The van der Waals surface area contributed by atoms with Crippen LogP contribution in [0.25, 0.3) is 0 Å². The van der Waals surface area contributed by atoms with Gasteiger partial charge in [0.05, 0.1) is 17.2 Å². The van der Waals surface area contributed by atoms with Gasteiger partial charge in [0.15, 0.2) is 0 Å². The van der Waals surface area contributed by atoms with E-state index in [1.54, 1.807) is 6.08 Å². The lowest BCUT2D eigenvalue weighted by Gasteiger charge is -1.99. The van der Waals surface area contributed by atoms with E-state index in [-0.39, 0.29) is 5.76 Å². The van der Waals surface area contributed by atoms with Gasteiger partial charge in [-0.15, -0.1) is 0 Å². The summed E-state index contributed by atoms with van der Waals surface area (Å²) in [5, 5.41) is 9.22. The molecular formula is C7H7BrO3. The Balaban J connectivity index is 2.86. The van der Waals surface area contributed by atoms with Crippen molar-refractivity contribution in [1.29, 1.82) is 0 Å². The second-order valence-corrected chi connectivity index (χ2v) is 2.93. The van der Waals surface area contributed by atoms with E-state index >= 15 is 0 Å². The second kappa shape index (κ2) is 3.09. The van der Waals surface area contributed by atoms with Gasteiger partial charge in [-0.25, -0.2) is 4.79 Å². The molecule has 0 saturated carbocycles. The van der Waals surface area contributed by atoms with Crippen LogP contribution in [-0.4, -0.2) is 18.2 Å². The zero-order valence-corrected chi connectivity index (χ0v) is 7.51. The molecule has 0 atom stereocenters. The fourth-order valence-electron chi connectivity index (χ4n) is 0.832. The molecule has 0 aromatic heterocycles. The van der Waals surface area contributed by atoms with Gasteiger partial charge in [0, 0.05) is 6.42 Å². The van der Waals surface area contributed by atoms with E-state index in [4.69, 9.17) is 0 Å². The van der Waals surface area contributed by atoms with E-state index < -0.39 is 5.97 Å². The number of hydrogen-bond donors (Lipinski definition) is 1. The van der Waals surface area contributed by atoms with E-state index in [1.807, 2.05) is 0 Å². The van der Waals surface area contributed by atoms with Crippen LogP contribution in [0.5, 0.6) is 0 Å². The highest BCUT2D eigenvalue weighted by Crippen LogP contribution is 2.28. The van der Waals surface area contributed by atoms with Crippen molar-refractivity contribution in [2.75, 3.05) is 7.11 Å². The van der Waals surface area contributed by atoms with Crippen LogP contribution in [0, 0.1) is 0 Å². The van der Waals surface area contributed by atoms with E-state index in [9.17, 15) is 9.90 Å². The standard InChI is InChI=1S/C7H7BrO3/c1-11-7(10)4-2-3-5(8)6(4)9/h3,9H,2H2,1H3. The fourth-order valence-corrected chi connectivity index (χ4v) is 1.23. The van der Waals surface area contributed by atoms with Gasteiger partial charge in [0.25, 0.3) is 0 Å². The molecule has 0 aromatic carbocycles. The average molecular weight is 219 g/mol. The molecule has 0 radical (unpaired) electrons. The minimum absolute atomic E-state index is 0.0168. The Kier molecular flexibility index (Phi) is 2.34. The number of carbonyl (C=O) groups is 1. The minimum Gasteiger partial charge on any atom is -0.506 e. The van der Waals surface area contributed by atoms with Crippen LogP contribution >= 0.6 is 15.9 Å². The number of methoxy groups -OCH3 is 1. The number of hydrogen-bond acceptors (Lipinski definition) is 3.